The van der Waals surface area contributed by atoms with E-state index < -0.39 is 11.8 Å². The Morgan fingerprint density at radius 3 is 2.42 bits per heavy atom. The number of methoxy groups -OCH3 is 2. The van der Waals surface area contributed by atoms with E-state index in [9.17, 15) is 9.18 Å². The summed E-state index contributed by atoms with van der Waals surface area (Å²) in [5.74, 6) is -0.334. The van der Waals surface area contributed by atoms with Crippen LogP contribution in [0.2, 0.25) is 0 Å². The second-order valence-corrected chi connectivity index (χ2v) is 6.15. The first-order chi connectivity index (χ1) is 12.6. The summed E-state index contributed by atoms with van der Waals surface area (Å²) < 4.78 is 29.1. The number of rotatable bonds is 6. The van der Waals surface area contributed by atoms with Gasteiger partial charge in [-0.3, -0.25) is 0 Å². The predicted octanol–water partition coefficient (Wildman–Crippen LogP) is 4.32. The number of hydrogen-bond acceptors (Lipinski definition) is 6. The van der Waals surface area contributed by atoms with E-state index >= 15 is 0 Å². The van der Waals surface area contributed by atoms with Crippen molar-refractivity contribution in [3.05, 3.63) is 64.9 Å². The highest BCUT2D eigenvalue weighted by atomic mass is 32.1. The van der Waals surface area contributed by atoms with Gasteiger partial charge in [0, 0.05) is 17.0 Å². The summed E-state index contributed by atoms with van der Waals surface area (Å²) in [5.41, 5.74) is 1.40. The molecule has 0 saturated carbocycles. The quantitative estimate of drug-likeness (QED) is 0.602. The molecule has 0 N–H and O–H groups in total. The molecule has 0 unspecified atom stereocenters. The van der Waals surface area contributed by atoms with Gasteiger partial charge in [0.2, 0.25) is 0 Å². The van der Waals surface area contributed by atoms with Crippen molar-refractivity contribution in [1.82, 2.24) is 4.98 Å². The smallest absolute Gasteiger partial charge is 0.341 e. The zero-order valence-corrected chi connectivity index (χ0v) is 15.0. The second kappa shape index (κ2) is 7.97. The number of halogens is 1. The minimum atomic E-state index is -0.746. The molecule has 0 aliphatic carbocycles. The Balaban J connectivity index is 1.65. The van der Waals surface area contributed by atoms with Gasteiger partial charge in [-0.1, -0.05) is 0 Å². The third-order valence-electron chi connectivity index (χ3n) is 3.64. The number of aromatic nitrogens is 1. The molecule has 3 rings (SSSR count). The molecule has 0 aliphatic rings. The maximum atomic E-state index is 13.9. The van der Waals surface area contributed by atoms with Gasteiger partial charge in [-0.25, -0.2) is 14.2 Å². The largest absolute Gasteiger partial charge is 0.497 e. The summed E-state index contributed by atoms with van der Waals surface area (Å²) in [6.45, 7) is -0.0308. The second-order valence-electron chi connectivity index (χ2n) is 5.29. The van der Waals surface area contributed by atoms with Gasteiger partial charge in [-0.2, -0.15) is 0 Å². The molecule has 0 radical (unpaired) electrons. The average molecular weight is 373 g/mol. The molecule has 0 spiro atoms. The Labute approximate surface area is 154 Å². The molecule has 0 aliphatic heterocycles. The topological polar surface area (TPSA) is 57.7 Å². The van der Waals surface area contributed by atoms with Crippen LogP contribution in [0.5, 0.6) is 11.5 Å². The molecule has 5 nitrogen and oxygen atoms in total. The molecular weight excluding hydrogens is 357 g/mol. The summed E-state index contributed by atoms with van der Waals surface area (Å²) in [6, 6.07) is 11.5. The molecule has 3 aromatic rings. The van der Waals surface area contributed by atoms with Crippen molar-refractivity contribution < 1.29 is 23.4 Å². The van der Waals surface area contributed by atoms with Crippen LogP contribution in [0.4, 0.5) is 4.39 Å². The molecule has 1 aromatic heterocycles. The third-order valence-corrected chi connectivity index (χ3v) is 4.58. The van der Waals surface area contributed by atoms with Gasteiger partial charge in [-0.05, 0) is 36.4 Å². The minimum absolute atomic E-state index is 0.0308. The Kier molecular flexibility index (Phi) is 5.48. The first-order valence-electron chi connectivity index (χ1n) is 7.70. The highest BCUT2D eigenvalue weighted by Gasteiger charge is 2.15. The Morgan fingerprint density at radius 1 is 1.08 bits per heavy atom. The van der Waals surface area contributed by atoms with Crippen molar-refractivity contribution in [2.24, 2.45) is 0 Å². The molecule has 7 heteroatoms. The lowest BCUT2D eigenvalue weighted by molar-refractivity contribution is 0.0463. The number of hydrogen-bond donors (Lipinski definition) is 0. The summed E-state index contributed by atoms with van der Waals surface area (Å²) in [5, 5.41) is 2.60. The molecule has 0 atom stereocenters. The van der Waals surface area contributed by atoms with Crippen LogP contribution in [-0.4, -0.2) is 25.2 Å². The maximum Gasteiger partial charge on any atom is 0.341 e. The molecule has 134 valence electrons. The summed E-state index contributed by atoms with van der Waals surface area (Å²) in [6.07, 6.45) is 0. The van der Waals surface area contributed by atoms with Gasteiger partial charge in [0.25, 0.3) is 0 Å². The van der Waals surface area contributed by atoms with E-state index in [0.29, 0.717) is 11.4 Å². The molecule has 0 saturated heterocycles. The molecular formula is C19H16FNO4S. The van der Waals surface area contributed by atoms with Crippen molar-refractivity contribution in [3.63, 3.8) is 0 Å². The Hall–Kier alpha value is -2.93. The van der Waals surface area contributed by atoms with Crippen molar-refractivity contribution in [2.45, 2.75) is 6.61 Å². The number of carbonyl (C=O) groups is 1. The van der Waals surface area contributed by atoms with Gasteiger partial charge in [0.15, 0.2) is 0 Å². The van der Waals surface area contributed by atoms with E-state index in [0.717, 1.165) is 22.4 Å². The number of ether oxygens (including phenoxy) is 3. The van der Waals surface area contributed by atoms with Gasteiger partial charge in [-0.15, -0.1) is 11.3 Å². The van der Waals surface area contributed by atoms with Crippen LogP contribution in [0.3, 0.4) is 0 Å². The van der Waals surface area contributed by atoms with Crippen LogP contribution in [0.25, 0.3) is 10.6 Å². The minimum Gasteiger partial charge on any atom is -0.497 e. The van der Waals surface area contributed by atoms with Gasteiger partial charge in [0.1, 0.15) is 28.9 Å². The first-order valence-corrected chi connectivity index (χ1v) is 8.58. The summed E-state index contributed by atoms with van der Waals surface area (Å²) in [4.78, 5) is 16.5. The first kappa shape index (κ1) is 17.9. The van der Waals surface area contributed by atoms with E-state index in [1.807, 2.05) is 24.3 Å². The SMILES string of the molecule is COc1ccc(-c2nc(COC(=O)c3ccc(OC)cc3F)cs2)cc1. The van der Waals surface area contributed by atoms with Crippen molar-refractivity contribution in [1.29, 1.82) is 0 Å². The van der Waals surface area contributed by atoms with E-state index in [-0.39, 0.29) is 12.2 Å². The Morgan fingerprint density at radius 2 is 1.77 bits per heavy atom. The third kappa shape index (κ3) is 4.00. The molecule has 2 aromatic carbocycles. The normalized spacial score (nSPS) is 10.4. The van der Waals surface area contributed by atoms with Gasteiger partial charge in [0.05, 0.1) is 25.5 Å². The molecule has 26 heavy (non-hydrogen) atoms. The van der Waals surface area contributed by atoms with Crippen LogP contribution in [-0.2, 0) is 11.3 Å². The zero-order valence-electron chi connectivity index (χ0n) is 14.2. The summed E-state index contributed by atoms with van der Waals surface area (Å²) in [7, 11) is 3.03. The fraction of sp³-hybridized carbons (Fsp3) is 0.158. The van der Waals surface area contributed by atoms with Crippen molar-refractivity contribution in [3.8, 4) is 22.1 Å². The average Bonchev–Trinajstić information content (AvgIpc) is 3.15. The lowest BCUT2D eigenvalue weighted by Gasteiger charge is -2.06. The number of thiazole rings is 1. The summed E-state index contributed by atoms with van der Waals surface area (Å²) >= 11 is 1.44. The van der Waals surface area contributed by atoms with Crippen molar-refractivity contribution >= 4 is 17.3 Å². The molecule has 0 bridgehead atoms. The number of carbonyl (C=O) groups excluding carboxylic acids is 1. The standard InChI is InChI=1S/C19H16FNO4S/c1-23-14-5-3-12(4-6-14)18-21-13(11-26-18)10-25-19(22)16-8-7-15(24-2)9-17(16)20/h3-9,11H,10H2,1-2H3. The highest BCUT2D eigenvalue weighted by Crippen LogP contribution is 2.26. The molecule has 1 heterocycles. The van der Waals surface area contributed by atoms with E-state index in [1.165, 1.54) is 30.6 Å². The number of benzene rings is 2. The molecule has 0 amide bonds. The fourth-order valence-electron chi connectivity index (χ4n) is 2.25. The van der Waals surface area contributed by atoms with E-state index in [4.69, 9.17) is 14.2 Å². The maximum absolute atomic E-state index is 13.9. The van der Waals surface area contributed by atoms with Crippen LogP contribution >= 0.6 is 11.3 Å². The van der Waals surface area contributed by atoms with Gasteiger partial charge < -0.3 is 14.2 Å². The van der Waals surface area contributed by atoms with Crippen LogP contribution in [0, 0.1) is 5.82 Å². The zero-order chi connectivity index (χ0) is 18.5. The number of esters is 1. The van der Waals surface area contributed by atoms with Crippen LogP contribution < -0.4 is 9.47 Å². The number of nitrogens with zero attached hydrogens (tertiary/aromatic N) is 1. The highest BCUT2D eigenvalue weighted by molar-refractivity contribution is 7.13. The van der Waals surface area contributed by atoms with Crippen LogP contribution in [0.1, 0.15) is 16.1 Å². The van der Waals surface area contributed by atoms with E-state index in [1.54, 1.807) is 12.5 Å². The van der Waals surface area contributed by atoms with Crippen molar-refractivity contribution in [2.75, 3.05) is 14.2 Å². The lowest BCUT2D eigenvalue weighted by atomic mass is 10.2. The van der Waals surface area contributed by atoms with E-state index in [2.05, 4.69) is 4.98 Å². The fourth-order valence-corrected chi connectivity index (χ4v) is 3.06. The molecule has 0 fully saturated rings. The Bertz CT molecular complexity index is 908. The predicted molar refractivity (Wildman–Crippen MR) is 96.2 cm³/mol. The lowest BCUT2D eigenvalue weighted by Crippen LogP contribution is -2.08. The van der Waals surface area contributed by atoms with Gasteiger partial charge >= 0.3 is 5.97 Å². The monoisotopic (exact) mass is 373 g/mol. The van der Waals surface area contributed by atoms with Crippen LogP contribution in [0.15, 0.2) is 47.8 Å².